The Kier molecular flexibility index (Phi) is 37.6. The van der Waals surface area contributed by atoms with Gasteiger partial charge in [0, 0.05) is 25.7 Å². The first-order chi connectivity index (χ1) is 24.3. The van der Waals surface area contributed by atoms with Crippen LogP contribution < -0.4 is 0 Å². The normalized spacial score (nSPS) is 13.0. The molecule has 0 radical (unpaired) electrons. The van der Waals surface area contributed by atoms with Crippen LogP contribution >= 0.6 is 0 Å². The molecule has 2 unspecified atom stereocenters. The number of Topliss-reactive ketones (excluding diaryl/α,β-unsaturated/α-hetero) is 2. The fraction of sp³-hybridized carbons (Fsp3) is 0.958. The van der Waals surface area contributed by atoms with Crippen molar-refractivity contribution in [1.29, 1.82) is 0 Å². The van der Waals surface area contributed by atoms with Crippen LogP contribution in [-0.4, -0.2) is 11.6 Å². The minimum Gasteiger partial charge on any atom is -0.300 e. The minimum absolute atomic E-state index is 0.472. The lowest BCUT2D eigenvalue weighted by Crippen LogP contribution is -2.16. The Bertz CT molecular complexity index is 649. The summed E-state index contributed by atoms with van der Waals surface area (Å²) in [7, 11) is 0. The van der Waals surface area contributed by atoms with Crippen LogP contribution in [0.15, 0.2) is 0 Å². The summed E-state index contributed by atoms with van der Waals surface area (Å²) in [4.78, 5) is 24.0. The van der Waals surface area contributed by atoms with E-state index in [2.05, 4.69) is 41.5 Å². The molecule has 0 saturated heterocycles. The van der Waals surface area contributed by atoms with Gasteiger partial charge in [0.15, 0.2) is 0 Å². The summed E-state index contributed by atoms with van der Waals surface area (Å²) >= 11 is 0. The Morgan fingerprint density at radius 3 is 0.780 bits per heavy atom. The van der Waals surface area contributed by atoms with Gasteiger partial charge >= 0.3 is 0 Å². The topological polar surface area (TPSA) is 34.1 Å². The van der Waals surface area contributed by atoms with E-state index in [1.54, 1.807) is 0 Å². The van der Waals surface area contributed by atoms with E-state index >= 15 is 0 Å². The lowest BCUT2D eigenvalue weighted by atomic mass is 9.78. The first-order valence-electron chi connectivity index (χ1n) is 23.3. The summed E-state index contributed by atoms with van der Waals surface area (Å²) in [5.74, 6) is 3.85. The summed E-state index contributed by atoms with van der Waals surface area (Å²) < 4.78 is 0. The van der Waals surface area contributed by atoms with Crippen LogP contribution in [0.5, 0.6) is 0 Å². The predicted molar refractivity (Wildman–Crippen MR) is 224 cm³/mol. The Balaban J connectivity index is 4.79. The van der Waals surface area contributed by atoms with Crippen molar-refractivity contribution >= 4 is 11.6 Å². The number of unbranched alkanes of at least 4 members (excludes halogenated alkanes) is 24. The number of ketones is 2. The molecule has 0 rings (SSSR count). The van der Waals surface area contributed by atoms with Crippen molar-refractivity contribution in [2.45, 2.75) is 273 Å². The lowest BCUT2D eigenvalue weighted by molar-refractivity contribution is -0.120. The van der Waals surface area contributed by atoms with Crippen molar-refractivity contribution < 1.29 is 9.59 Å². The molecule has 0 aliphatic carbocycles. The SMILES string of the molecule is CCCCCCCCCC(CCCCCCCCCC(=O)CC(C)C)C(CCCCCCCCC)CCCCCCCCCC(=O)CC(C)C. The molecule has 2 atom stereocenters. The number of carbonyl (C=O) groups excluding carboxylic acids is 2. The van der Waals surface area contributed by atoms with Crippen LogP contribution in [-0.2, 0) is 9.59 Å². The first kappa shape index (κ1) is 49.3. The van der Waals surface area contributed by atoms with Crippen LogP contribution in [0.1, 0.15) is 273 Å². The quantitative estimate of drug-likeness (QED) is 0.0594. The average molecular weight is 703 g/mol. The third-order valence-electron chi connectivity index (χ3n) is 11.4. The zero-order valence-corrected chi connectivity index (χ0v) is 35.6. The molecule has 298 valence electrons. The monoisotopic (exact) mass is 703 g/mol. The molecular weight excluding hydrogens is 609 g/mol. The van der Waals surface area contributed by atoms with E-state index in [-0.39, 0.29) is 0 Å². The Hall–Kier alpha value is -0.660. The zero-order valence-electron chi connectivity index (χ0n) is 35.6. The van der Waals surface area contributed by atoms with Crippen molar-refractivity contribution in [3.05, 3.63) is 0 Å². The van der Waals surface area contributed by atoms with Gasteiger partial charge in [-0.05, 0) is 36.5 Å². The summed E-state index contributed by atoms with van der Waals surface area (Å²) in [6, 6.07) is 0. The molecule has 0 spiro atoms. The summed E-state index contributed by atoms with van der Waals surface area (Å²) in [5.41, 5.74) is 0. The van der Waals surface area contributed by atoms with Crippen molar-refractivity contribution in [2.24, 2.45) is 23.7 Å². The summed E-state index contributed by atoms with van der Waals surface area (Å²) in [6.45, 7) is 13.3. The van der Waals surface area contributed by atoms with Gasteiger partial charge in [-0.3, -0.25) is 9.59 Å². The number of hydrogen-bond donors (Lipinski definition) is 0. The fourth-order valence-corrected chi connectivity index (χ4v) is 8.30. The van der Waals surface area contributed by atoms with E-state index in [1.807, 2.05) is 0 Å². The maximum atomic E-state index is 12.0. The number of rotatable bonds is 41. The molecule has 0 aliphatic heterocycles. The van der Waals surface area contributed by atoms with Gasteiger partial charge in [-0.25, -0.2) is 0 Å². The van der Waals surface area contributed by atoms with Crippen LogP contribution in [0, 0.1) is 23.7 Å². The highest BCUT2D eigenvalue weighted by molar-refractivity contribution is 5.78. The Morgan fingerprint density at radius 2 is 0.540 bits per heavy atom. The fourth-order valence-electron chi connectivity index (χ4n) is 8.30. The van der Waals surface area contributed by atoms with Crippen LogP contribution in [0.25, 0.3) is 0 Å². The molecular formula is C48H94O2. The molecule has 0 aromatic carbocycles. The second-order valence-corrected chi connectivity index (χ2v) is 17.6. The smallest absolute Gasteiger partial charge is 0.133 e. The van der Waals surface area contributed by atoms with Crippen LogP contribution in [0.2, 0.25) is 0 Å². The van der Waals surface area contributed by atoms with Crippen molar-refractivity contribution in [1.82, 2.24) is 0 Å². The molecule has 0 fully saturated rings. The highest BCUT2D eigenvalue weighted by Crippen LogP contribution is 2.34. The molecule has 2 nitrogen and oxygen atoms in total. The first-order valence-corrected chi connectivity index (χ1v) is 23.3. The Labute approximate surface area is 316 Å². The van der Waals surface area contributed by atoms with Gasteiger partial charge in [0.05, 0.1) is 0 Å². The van der Waals surface area contributed by atoms with E-state index in [9.17, 15) is 9.59 Å². The molecule has 0 heterocycles. The van der Waals surface area contributed by atoms with E-state index in [0.717, 1.165) is 50.4 Å². The van der Waals surface area contributed by atoms with Gasteiger partial charge in [0.1, 0.15) is 11.6 Å². The second kappa shape index (κ2) is 38.1. The molecule has 0 N–H and O–H groups in total. The predicted octanol–water partition coefficient (Wildman–Crippen LogP) is 16.8. The highest BCUT2D eigenvalue weighted by Gasteiger charge is 2.21. The maximum absolute atomic E-state index is 12.0. The van der Waals surface area contributed by atoms with Crippen LogP contribution in [0.3, 0.4) is 0 Å². The number of hydrogen-bond acceptors (Lipinski definition) is 2. The molecule has 0 aliphatic rings. The third kappa shape index (κ3) is 35.7. The zero-order chi connectivity index (χ0) is 36.9. The molecule has 0 saturated carbocycles. The summed E-state index contributed by atoms with van der Waals surface area (Å²) in [5, 5.41) is 0. The molecule has 50 heavy (non-hydrogen) atoms. The lowest BCUT2D eigenvalue weighted by Gasteiger charge is -2.28. The van der Waals surface area contributed by atoms with Gasteiger partial charge in [-0.1, -0.05) is 234 Å². The molecule has 0 aromatic heterocycles. The minimum atomic E-state index is 0.472. The highest BCUT2D eigenvalue weighted by atomic mass is 16.1. The third-order valence-corrected chi connectivity index (χ3v) is 11.4. The van der Waals surface area contributed by atoms with Gasteiger partial charge in [-0.15, -0.1) is 0 Å². The molecule has 0 amide bonds. The van der Waals surface area contributed by atoms with E-state index in [4.69, 9.17) is 0 Å². The van der Waals surface area contributed by atoms with Crippen molar-refractivity contribution in [2.75, 3.05) is 0 Å². The van der Waals surface area contributed by atoms with E-state index < -0.39 is 0 Å². The van der Waals surface area contributed by atoms with Gasteiger partial charge in [0.25, 0.3) is 0 Å². The summed E-state index contributed by atoms with van der Waals surface area (Å²) in [6.07, 6.45) is 47.5. The Morgan fingerprint density at radius 1 is 0.320 bits per heavy atom. The molecule has 0 aromatic rings. The average Bonchev–Trinajstić information content (AvgIpc) is 3.07. The largest absolute Gasteiger partial charge is 0.300 e. The van der Waals surface area contributed by atoms with Crippen molar-refractivity contribution in [3.63, 3.8) is 0 Å². The molecule has 2 heteroatoms. The second-order valence-electron chi connectivity index (χ2n) is 17.6. The molecule has 0 bridgehead atoms. The maximum Gasteiger partial charge on any atom is 0.133 e. The van der Waals surface area contributed by atoms with Crippen LogP contribution in [0.4, 0.5) is 0 Å². The van der Waals surface area contributed by atoms with E-state index in [1.165, 1.54) is 193 Å². The van der Waals surface area contributed by atoms with Gasteiger partial charge in [0.2, 0.25) is 0 Å². The van der Waals surface area contributed by atoms with Gasteiger partial charge in [-0.2, -0.15) is 0 Å². The van der Waals surface area contributed by atoms with Gasteiger partial charge < -0.3 is 0 Å². The number of carbonyl (C=O) groups is 2. The van der Waals surface area contributed by atoms with Crippen molar-refractivity contribution in [3.8, 4) is 0 Å². The standard InChI is InChI=1S/C48H94O2/c1-7-9-11-13-17-23-29-35-45(37-31-25-19-15-21-27-33-39-47(49)41-43(3)4)46(36-30-24-18-14-12-10-8-2)38-32-26-20-16-22-28-34-40-48(50)42-44(5)6/h43-46H,7-42H2,1-6H3. The van der Waals surface area contributed by atoms with E-state index in [0.29, 0.717) is 23.4 Å².